The maximum atomic E-state index is 14.1. The number of carbonyl (C=O) groups is 11. The van der Waals surface area contributed by atoms with E-state index in [1.165, 1.54) is 43.8 Å². The van der Waals surface area contributed by atoms with E-state index >= 15 is 0 Å². The Balaban J connectivity index is 0.818. The van der Waals surface area contributed by atoms with Crippen molar-refractivity contribution in [1.82, 2.24) is 55.3 Å². The summed E-state index contributed by atoms with van der Waals surface area (Å²) in [5.41, 5.74) is 6.52. The molecule has 2 aromatic heterocycles. The molecule has 87 heavy (non-hydrogen) atoms. The van der Waals surface area contributed by atoms with E-state index in [1.54, 1.807) is 34.6 Å². The van der Waals surface area contributed by atoms with Gasteiger partial charge in [0.2, 0.25) is 47.0 Å². The minimum absolute atomic E-state index is 0.0459. The van der Waals surface area contributed by atoms with Crippen molar-refractivity contribution >= 4 is 76.1 Å². The number of esters is 1. The van der Waals surface area contributed by atoms with Crippen LogP contribution in [0.1, 0.15) is 69.2 Å². The van der Waals surface area contributed by atoms with Crippen molar-refractivity contribution in [2.75, 3.05) is 106 Å². The summed E-state index contributed by atoms with van der Waals surface area (Å²) < 4.78 is 29.8. The molecule has 0 spiro atoms. The number of nitrogens with two attached hydrogens (primary N) is 1. The van der Waals surface area contributed by atoms with Gasteiger partial charge in [0.1, 0.15) is 43.8 Å². The first kappa shape index (κ1) is 65.7. The van der Waals surface area contributed by atoms with E-state index in [1.807, 2.05) is 6.92 Å². The SMILES string of the molecule is CCc1c2c(nc3ccc(O)cc13)-c1cc3c(c(=O)n1C2)COC(=O)[C@@]3(CC)OC(=O)N(C)CCN(C)C(=O)COCNC(=O)[C@H](CC(N)=O)NC(=O)[C@H](C)NC(=O)[C@H](C)NC(=O)CN1CCOCCN(C(=O)CCN2C(=O)C=CC2=O)CCOCC1. The maximum absolute atomic E-state index is 14.1. The van der Waals surface area contributed by atoms with Gasteiger partial charge in [-0.15, -0.1) is 0 Å². The third kappa shape index (κ3) is 16.0. The van der Waals surface area contributed by atoms with Crippen LogP contribution in [0.5, 0.6) is 5.75 Å². The summed E-state index contributed by atoms with van der Waals surface area (Å²) in [5.74, 6) is -6.60. The molecule has 10 amide bonds. The molecule has 3 aromatic rings. The fourth-order valence-electron chi connectivity index (χ4n) is 10.2. The number of aromatic nitrogens is 2. The quantitative estimate of drug-likeness (QED) is 0.0199. The third-order valence-electron chi connectivity index (χ3n) is 15.3. The molecule has 4 atom stereocenters. The number of hydrogen-bond donors (Lipinski definition) is 6. The zero-order valence-corrected chi connectivity index (χ0v) is 49.4. The summed E-state index contributed by atoms with van der Waals surface area (Å²) in [4.78, 5) is 167. The van der Waals surface area contributed by atoms with Gasteiger partial charge in [0.15, 0.2) is 0 Å². The molecule has 4 aliphatic rings. The van der Waals surface area contributed by atoms with Crippen molar-refractivity contribution in [2.45, 2.75) is 90.3 Å². The second kappa shape index (κ2) is 29.5. The van der Waals surface area contributed by atoms with Gasteiger partial charge in [0, 0.05) is 95.0 Å². The molecule has 0 aliphatic carbocycles. The number of carbonyl (C=O) groups excluding carboxylic acids is 11. The summed E-state index contributed by atoms with van der Waals surface area (Å²) in [6.45, 7) is 6.50. The van der Waals surface area contributed by atoms with Crippen LogP contribution in [0, 0.1) is 0 Å². The molecule has 7 N–H and O–H groups in total. The molecular weight excluding hydrogens is 1140 g/mol. The van der Waals surface area contributed by atoms with E-state index in [0.29, 0.717) is 36.4 Å². The van der Waals surface area contributed by atoms with Crippen LogP contribution in [0.2, 0.25) is 0 Å². The molecule has 1 fully saturated rings. The first-order valence-corrected chi connectivity index (χ1v) is 28.5. The Morgan fingerprint density at radius 2 is 1.47 bits per heavy atom. The highest BCUT2D eigenvalue weighted by Crippen LogP contribution is 2.42. The second-order valence-electron chi connectivity index (χ2n) is 21.2. The number of phenols is 1. The van der Waals surface area contributed by atoms with Crippen molar-refractivity contribution in [3.63, 3.8) is 0 Å². The van der Waals surface area contributed by atoms with Gasteiger partial charge in [-0.2, -0.15) is 0 Å². The molecule has 30 heteroatoms. The maximum Gasteiger partial charge on any atom is 0.411 e. The molecule has 0 unspecified atom stereocenters. The summed E-state index contributed by atoms with van der Waals surface area (Å²) in [7, 11) is 2.82. The minimum atomic E-state index is -2.01. The van der Waals surface area contributed by atoms with Gasteiger partial charge in [-0.3, -0.25) is 57.7 Å². The number of amides is 10. The smallest absolute Gasteiger partial charge is 0.411 e. The van der Waals surface area contributed by atoms with Gasteiger partial charge < -0.3 is 75.1 Å². The third-order valence-corrected chi connectivity index (χ3v) is 15.3. The standard InChI is InChI=1S/C57H74N12O18/c1-7-36-37-25-35(70)9-10-41(37)62-50-38(36)28-69-43(50)26-40-39(54(69)80)30-86-55(81)57(40,8-2)87-56(82)65(6)16-15-64(5)49(76)31-85-32-59-53(79)42(27-44(58)71)63-52(78)34(4)61-51(77)33(3)60-45(72)29-66-17-21-83-23-19-67(20-24-84-22-18-66)46(73)13-14-68-47(74)11-12-48(68)75/h9-12,25-26,33-34,42,70H,7-8,13-24,27-32H2,1-6H3,(H2,58,71)(H,59,79)(H,60,72)(H,61,77)(H,63,78)/t33-,34-,42-,57-/m0/s1. The van der Waals surface area contributed by atoms with Crippen molar-refractivity contribution < 1.29 is 81.5 Å². The van der Waals surface area contributed by atoms with Crippen molar-refractivity contribution in [2.24, 2.45) is 5.73 Å². The summed E-state index contributed by atoms with van der Waals surface area (Å²) in [6.07, 6.45) is 1.15. The number of fused-ring (bicyclic) bond motifs is 5. The predicted octanol–water partition coefficient (Wildman–Crippen LogP) is -2.17. The van der Waals surface area contributed by atoms with E-state index in [0.717, 1.165) is 38.5 Å². The summed E-state index contributed by atoms with van der Waals surface area (Å²) >= 11 is 0. The fourth-order valence-corrected chi connectivity index (χ4v) is 10.2. The Bertz CT molecular complexity index is 3250. The highest BCUT2D eigenvalue weighted by Gasteiger charge is 2.51. The normalized spacial score (nSPS) is 17.9. The average Bonchev–Trinajstić information content (AvgIpc) is 1.69. The lowest BCUT2D eigenvalue weighted by Crippen LogP contribution is -2.56. The minimum Gasteiger partial charge on any atom is -0.508 e. The van der Waals surface area contributed by atoms with Crippen LogP contribution < -0.4 is 32.6 Å². The van der Waals surface area contributed by atoms with Crippen LogP contribution in [-0.2, 0) is 96.8 Å². The molecule has 0 bridgehead atoms. The van der Waals surface area contributed by atoms with Gasteiger partial charge >= 0.3 is 12.1 Å². The number of benzene rings is 1. The number of imide groups is 1. The number of hydrogen-bond acceptors (Lipinski definition) is 20. The molecule has 4 aliphatic heterocycles. The molecule has 0 radical (unpaired) electrons. The first-order chi connectivity index (χ1) is 41.5. The molecule has 6 heterocycles. The Hall–Kier alpha value is -8.87. The van der Waals surface area contributed by atoms with E-state index in [9.17, 15) is 62.6 Å². The van der Waals surface area contributed by atoms with Crippen molar-refractivity contribution in [1.29, 1.82) is 0 Å². The van der Waals surface area contributed by atoms with E-state index in [4.69, 9.17) is 34.4 Å². The second-order valence-corrected chi connectivity index (χ2v) is 21.2. The van der Waals surface area contributed by atoms with E-state index in [-0.39, 0.29) is 114 Å². The van der Waals surface area contributed by atoms with Crippen LogP contribution in [0.15, 0.2) is 41.2 Å². The zero-order valence-electron chi connectivity index (χ0n) is 49.4. The van der Waals surface area contributed by atoms with Gasteiger partial charge in [-0.25, -0.2) is 14.6 Å². The Labute approximate surface area is 499 Å². The zero-order chi connectivity index (χ0) is 63.3. The van der Waals surface area contributed by atoms with Gasteiger partial charge in [0.05, 0.1) is 68.4 Å². The van der Waals surface area contributed by atoms with E-state index < -0.39 is 108 Å². The molecule has 7 rings (SSSR count). The average molecular weight is 1220 g/mol. The number of nitrogens with zero attached hydrogens (tertiary/aromatic N) is 7. The van der Waals surface area contributed by atoms with Crippen molar-refractivity contribution in [3.8, 4) is 17.1 Å². The fraction of sp³-hybridized carbons (Fsp3) is 0.526. The highest BCUT2D eigenvalue weighted by atomic mass is 16.6. The van der Waals surface area contributed by atoms with Gasteiger partial charge in [-0.1, -0.05) is 13.8 Å². The van der Waals surface area contributed by atoms with Gasteiger partial charge in [-0.05, 0) is 56.5 Å². The van der Waals surface area contributed by atoms with Crippen LogP contribution in [0.4, 0.5) is 4.79 Å². The first-order valence-electron chi connectivity index (χ1n) is 28.5. The van der Waals surface area contributed by atoms with Crippen LogP contribution >= 0.6 is 0 Å². The molecule has 1 saturated heterocycles. The topological polar surface area (TPSA) is 379 Å². The lowest BCUT2D eigenvalue weighted by Gasteiger charge is -2.36. The largest absolute Gasteiger partial charge is 0.508 e. The number of phenolic OH excluding ortho intramolecular Hbond substituents is 1. The Kier molecular flexibility index (Phi) is 22.3. The molecule has 0 saturated carbocycles. The Morgan fingerprint density at radius 3 is 2.13 bits per heavy atom. The number of aryl methyl sites for hydroxylation is 1. The molecular formula is C57H74N12O18. The number of pyridine rings is 2. The lowest BCUT2D eigenvalue weighted by molar-refractivity contribution is -0.173. The van der Waals surface area contributed by atoms with E-state index in [2.05, 4.69) is 21.3 Å². The number of aromatic hydroxyl groups is 1. The number of rotatable bonds is 23. The van der Waals surface area contributed by atoms with Crippen LogP contribution in [0.25, 0.3) is 22.3 Å². The Morgan fingerprint density at radius 1 is 0.828 bits per heavy atom. The number of cyclic esters (lactones) is 1. The highest BCUT2D eigenvalue weighted by molar-refractivity contribution is 6.13. The lowest BCUT2D eigenvalue weighted by atomic mass is 9.85. The van der Waals surface area contributed by atoms with Crippen molar-refractivity contribution in [3.05, 3.63) is 69.0 Å². The van der Waals surface area contributed by atoms with Crippen LogP contribution in [0.3, 0.4) is 0 Å². The number of likely N-dealkylation sites (N-methyl/N-ethyl adjacent to an activating group) is 2. The number of ether oxygens (including phenoxy) is 5. The predicted molar refractivity (Wildman–Crippen MR) is 305 cm³/mol. The van der Waals surface area contributed by atoms with Gasteiger partial charge in [0.25, 0.3) is 17.4 Å². The number of primary amides is 1. The monoisotopic (exact) mass is 1210 g/mol. The molecule has 470 valence electrons. The van der Waals surface area contributed by atoms with Crippen LogP contribution in [-0.4, -0.2) is 229 Å². The molecule has 1 aromatic carbocycles. The summed E-state index contributed by atoms with van der Waals surface area (Å²) in [5, 5.41) is 20.7. The summed E-state index contributed by atoms with van der Waals surface area (Å²) in [6, 6.07) is 2.56. The molecule has 30 nitrogen and oxygen atoms in total. The number of nitrogens with one attached hydrogen (secondary N) is 4.